The van der Waals surface area contributed by atoms with E-state index in [1.54, 1.807) is 0 Å². The van der Waals surface area contributed by atoms with E-state index in [4.69, 9.17) is 5.73 Å². The predicted octanol–water partition coefficient (Wildman–Crippen LogP) is 0.632. The van der Waals surface area contributed by atoms with E-state index < -0.39 is 10.8 Å². The van der Waals surface area contributed by atoms with Gasteiger partial charge in [0.15, 0.2) is 11.5 Å². The number of Topliss-reactive ketones (excluding diaryl/α,β-unsaturated/α-hetero) is 1. The summed E-state index contributed by atoms with van der Waals surface area (Å²) in [7, 11) is 0. The van der Waals surface area contributed by atoms with E-state index in [1.807, 2.05) is 0 Å². The van der Waals surface area contributed by atoms with E-state index in [0.29, 0.717) is 5.52 Å². The number of hydrogen-bond acceptors (Lipinski definition) is 5. The van der Waals surface area contributed by atoms with Crippen molar-refractivity contribution >= 4 is 28.3 Å². The van der Waals surface area contributed by atoms with E-state index in [1.165, 1.54) is 29.8 Å². The molecule has 0 aliphatic carbocycles. The minimum Gasteiger partial charge on any atom is -0.364 e. The molecule has 8 nitrogen and oxygen atoms in total. The number of fused-ring (bicyclic) bond motifs is 1. The number of nitrogens with zero attached hydrogens (tertiary/aromatic N) is 3. The van der Waals surface area contributed by atoms with Crippen molar-refractivity contribution in [3.8, 4) is 0 Å². The maximum atomic E-state index is 11.3. The number of primary amides is 1. The van der Waals surface area contributed by atoms with Gasteiger partial charge in [-0.15, -0.1) is 0 Å². The quantitative estimate of drug-likeness (QED) is 0.639. The summed E-state index contributed by atoms with van der Waals surface area (Å²) in [5.41, 5.74) is 5.38. The van der Waals surface area contributed by atoms with Crippen LogP contribution in [0.4, 0.5) is 5.69 Å². The molecule has 8 heteroatoms. The molecule has 0 aliphatic heterocycles. The van der Waals surface area contributed by atoms with E-state index >= 15 is 0 Å². The van der Waals surface area contributed by atoms with Gasteiger partial charge in [0.05, 0.1) is 17.0 Å². The van der Waals surface area contributed by atoms with Gasteiger partial charge in [0.25, 0.3) is 11.6 Å². The van der Waals surface area contributed by atoms with Gasteiger partial charge < -0.3 is 5.73 Å². The summed E-state index contributed by atoms with van der Waals surface area (Å²) in [6.45, 7) is 1.35. The largest absolute Gasteiger partial charge is 0.364 e. The fourth-order valence-electron chi connectivity index (χ4n) is 1.79. The van der Waals surface area contributed by atoms with Crippen molar-refractivity contribution in [2.75, 3.05) is 0 Å². The highest BCUT2D eigenvalue weighted by atomic mass is 16.6. The summed E-state index contributed by atoms with van der Waals surface area (Å²) in [5, 5.41) is 14.9. The summed E-state index contributed by atoms with van der Waals surface area (Å²) in [6.07, 6.45) is 0. The molecular weight excluding hydrogens is 252 g/mol. The van der Waals surface area contributed by atoms with Gasteiger partial charge in [-0.1, -0.05) is 0 Å². The van der Waals surface area contributed by atoms with Crippen LogP contribution in [0, 0.1) is 10.1 Å². The van der Waals surface area contributed by atoms with Gasteiger partial charge in [-0.3, -0.25) is 24.4 Å². The van der Waals surface area contributed by atoms with Crippen LogP contribution in [-0.2, 0) is 11.3 Å². The third-order valence-electron chi connectivity index (χ3n) is 2.55. The Morgan fingerprint density at radius 2 is 2.16 bits per heavy atom. The van der Waals surface area contributed by atoms with Crippen molar-refractivity contribution < 1.29 is 14.5 Å². The van der Waals surface area contributed by atoms with Crippen LogP contribution in [0.1, 0.15) is 17.4 Å². The fraction of sp³-hybridized carbons (Fsp3) is 0.182. The first-order valence-electron chi connectivity index (χ1n) is 5.34. The van der Waals surface area contributed by atoms with Crippen molar-refractivity contribution in [1.29, 1.82) is 0 Å². The maximum Gasteiger partial charge on any atom is 0.270 e. The predicted molar refractivity (Wildman–Crippen MR) is 65.6 cm³/mol. The number of carbonyl (C=O) groups is 2. The Balaban J connectivity index is 2.71. The molecule has 2 N–H and O–H groups in total. The molecule has 0 unspecified atom stereocenters. The lowest BCUT2D eigenvalue weighted by molar-refractivity contribution is -0.384. The molecule has 1 aromatic carbocycles. The zero-order valence-electron chi connectivity index (χ0n) is 9.99. The summed E-state index contributed by atoms with van der Waals surface area (Å²) in [6, 6.07) is 3.94. The first kappa shape index (κ1) is 12.7. The molecule has 98 valence electrons. The Labute approximate surface area is 106 Å². The van der Waals surface area contributed by atoms with E-state index in [0.717, 1.165) is 0 Å². The van der Waals surface area contributed by atoms with Crippen molar-refractivity contribution in [1.82, 2.24) is 9.78 Å². The molecule has 0 atom stereocenters. The molecule has 0 saturated carbocycles. The highest BCUT2D eigenvalue weighted by Gasteiger charge is 2.18. The molecule has 0 fully saturated rings. The van der Waals surface area contributed by atoms with Gasteiger partial charge >= 0.3 is 0 Å². The first-order valence-corrected chi connectivity index (χ1v) is 5.34. The molecule has 1 amide bonds. The molecule has 2 rings (SSSR count). The number of amides is 1. The van der Waals surface area contributed by atoms with Gasteiger partial charge in [-0.05, 0) is 13.0 Å². The topological polar surface area (TPSA) is 121 Å². The van der Waals surface area contributed by atoms with Crippen molar-refractivity contribution in [2.45, 2.75) is 13.5 Å². The summed E-state index contributed by atoms with van der Waals surface area (Å²) < 4.78 is 1.31. The highest BCUT2D eigenvalue weighted by Crippen LogP contribution is 2.23. The van der Waals surface area contributed by atoms with Crippen molar-refractivity contribution in [2.24, 2.45) is 5.73 Å². The average Bonchev–Trinajstić information content (AvgIpc) is 2.66. The minimum atomic E-state index is -0.798. The second kappa shape index (κ2) is 4.48. The lowest BCUT2D eigenvalue weighted by Crippen LogP contribution is -2.14. The van der Waals surface area contributed by atoms with Crippen molar-refractivity contribution in [3.05, 3.63) is 34.0 Å². The number of hydrogen-bond donors (Lipinski definition) is 1. The number of non-ortho nitro benzene ring substituents is 1. The number of rotatable bonds is 4. The normalized spacial score (nSPS) is 10.6. The molecule has 0 radical (unpaired) electrons. The molecule has 0 aliphatic rings. The van der Waals surface area contributed by atoms with Crippen LogP contribution in [0.3, 0.4) is 0 Å². The smallest absolute Gasteiger partial charge is 0.270 e. The number of nitro benzene ring substituents is 1. The Morgan fingerprint density at radius 3 is 2.68 bits per heavy atom. The van der Waals surface area contributed by atoms with Crippen LogP contribution < -0.4 is 5.73 Å². The van der Waals surface area contributed by atoms with Gasteiger partial charge in [0, 0.05) is 17.5 Å². The number of benzene rings is 1. The summed E-state index contributed by atoms with van der Waals surface area (Å²) in [4.78, 5) is 32.6. The molecule has 1 heterocycles. The Bertz CT molecular complexity index is 704. The SMILES string of the molecule is CC(=O)Cn1nc(C(N)=O)c2cc([N+](=O)[O-])ccc21. The Morgan fingerprint density at radius 1 is 1.47 bits per heavy atom. The standard InChI is InChI=1S/C11H10N4O4/c1-6(16)5-14-9-3-2-7(15(18)19)4-8(9)10(13-14)11(12)17/h2-4H,5H2,1H3,(H2,12,17). The van der Waals surface area contributed by atoms with Crippen LogP contribution in [0.15, 0.2) is 18.2 Å². The second-order valence-corrected chi connectivity index (χ2v) is 4.03. The number of nitro groups is 1. The number of carbonyl (C=O) groups excluding carboxylic acids is 2. The molecule has 19 heavy (non-hydrogen) atoms. The maximum absolute atomic E-state index is 11.3. The number of nitrogens with two attached hydrogens (primary N) is 1. The van der Waals surface area contributed by atoms with Gasteiger partial charge in [0.1, 0.15) is 0 Å². The van der Waals surface area contributed by atoms with Crippen LogP contribution >= 0.6 is 0 Å². The summed E-state index contributed by atoms with van der Waals surface area (Å²) >= 11 is 0. The molecule has 0 spiro atoms. The fourth-order valence-corrected chi connectivity index (χ4v) is 1.79. The molecular formula is C11H10N4O4. The van der Waals surface area contributed by atoms with Crippen LogP contribution in [0.5, 0.6) is 0 Å². The lowest BCUT2D eigenvalue weighted by atomic mass is 10.2. The summed E-state index contributed by atoms with van der Waals surface area (Å²) in [5.74, 6) is -0.952. The van der Waals surface area contributed by atoms with Crippen LogP contribution in [0.25, 0.3) is 10.9 Å². The highest BCUT2D eigenvalue weighted by molar-refractivity contribution is 6.04. The third kappa shape index (κ3) is 2.28. The molecule has 0 bridgehead atoms. The number of ketones is 1. The molecule has 0 saturated heterocycles. The Hall–Kier alpha value is -2.77. The minimum absolute atomic E-state index is 0.0262. The van der Waals surface area contributed by atoms with E-state index in [-0.39, 0.29) is 29.1 Å². The van der Waals surface area contributed by atoms with Gasteiger partial charge in [-0.25, -0.2) is 0 Å². The molecule has 1 aromatic heterocycles. The Kier molecular flexibility index (Phi) is 2.99. The van der Waals surface area contributed by atoms with Crippen LogP contribution in [-0.4, -0.2) is 26.4 Å². The lowest BCUT2D eigenvalue weighted by Gasteiger charge is -1.99. The zero-order valence-corrected chi connectivity index (χ0v) is 9.99. The van der Waals surface area contributed by atoms with E-state index in [2.05, 4.69) is 5.10 Å². The van der Waals surface area contributed by atoms with Crippen LogP contribution in [0.2, 0.25) is 0 Å². The van der Waals surface area contributed by atoms with Gasteiger partial charge in [0.2, 0.25) is 0 Å². The number of aromatic nitrogens is 2. The average molecular weight is 262 g/mol. The zero-order chi connectivity index (χ0) is 14.2. The van der Waals surface area contributed by atoms with Gasteiger partial charge in [-0.2, -0.15) is 5.10 Å². The van der Waals surface area contributed by atoms with E-state index in [9.17, 15) is 19.7 Å². The van der Waals surface area contributed by atoms with Crippen molar-refractivity contribution in [3.63, 3.8) is 0 Å². The first-order chi connectivity index (χ1) is 8.90. The monoisotopic (exact) mass is 262 g/mol. The molecule has 2 aromatic rings. The third-order valence-corrected chi connectivity index (χ3v) is 2.55. The second-order valence-electron chi connectivity index (χ2n) is 4.03.